The van der Waals surface area contributed by atoms with E-state index in [1.54, 1.807) is 28.9 Å². The third-order valence-electron chi connectivity index (χ3n) is 3.39. The summed E-state index contributed by atoms with van der Waals surface area (Å²) in [6.07, 6.45) is 0.572. The largest absolute Gasteiger partial charge is 0.325 e. The van der Waals surface area contributed by atoms with Crippen LogP contribution in [0.5, 0.6) is 0 Å². The summed E-state index contributed by atoms with van der Waals surface area (Å²) < 4.78 is 14.8. The lowest BCUT2D eigenvalue weighted by Gasteiger charge is -2.08. The van der Waals surface area contributed by atoms with Crippen LogP contribution in [0.15, 0.2) is 48.5 Å². The first-order valence-electron chi connectivity index (χ1n) is 6.81. The molecule has 22 heavy (non-hydrogen) atoms. The van der Waals surface area contributed by atoms with Crippen molar-refractivity contribution < 1.29 is 4.39 Å². The number of halogens is 2. The fourth-order valence-corrected chi connectivity index (χ4v) is 2.38. The van der Waals surface area contributed by atoms with Crippen LogP contribution in [0.1, 0.15) is 17.0 Å². The predicted molar refractivity (Wildman–Crippen MR) is 83.5 cm³/mol. The van der Waals surface area contributed by atoms with Crippen LogP contribution >= 0.6 is 11.6 Å². The minimum atomic E-state index is -0.257. The van der Waals surface area contributed by atoms with Crippen LogP contribution in [0.2, 0.25) is 5.02 Å². The van der Waals surface area contributed by atoms with E-state index in [4.69, 9.17) is 17.3 Å². The Bertz CT molecular complexity index is 766. The number of hydrogen-bond donors (Lipinski definition) is 1. The molecule has 0 bridgehead atoms. The molecule has 0 saturated carbocycles. The number of rotatable bonds is 4. The van der Waals surface area contributed by atoms with Crippen LogP contribution in [-0.4, -0.2) is 15.0 Å². The first-order valence-corrected chi connectivity index (χ1v) is 7.19. The van der Waals surface area contributed by atoms with Crippen LogP contribution in [0, 0.1) is 5.82 Å². The molecule has 6 heteroatoms. The maximum absolute atomic E-state index is 13.0. The van der Waals surface area contributed by atoms with E-state index < -0.39 is 0 Å². The number of nitrogens with two attached hydrogens (primary N) is 1. The molecule has 0 amide bonds. The van der Waals surface area contributed by atoms with Crippen LogP contribution in [0.3, 0.4) is 0 Å². The molecule has 0 atom stereocenters. The molecule has 0 aliphatic carbocycles. The second-order valence-corrected chi connectivity index (χ2v) is 5.31. The Kier molecular flexibility index (Phi) is 4.18. The van der Waals surface area contributed by atoms with E-state index in [9.17, 15) is 4.39 Å². The summed E-state index contributed by atoms with van der Waals surface area (Å²) in [7, 11) is 0. The van der Waals surface area contributed by atoms with Crippen LogP contribution in [-0.2, 0) is 13.0 Å². The molecule has 3 rings (SSSR count). The van der Waals surface area contributed by atoms with E-state index in [2.05, 4.69) is 10.3 Å². The number of nitrogens with zero attached hydrogens (tertiary/aromatic N) is 3. The van der Waals surface area contributed by atoms with Gasteiger partial charge in [-0.2, -0.15) is 0 Å². The van der Waals surface area contributed by atoms with Gasteiger partial charge in [0.25, 0.3) is 0 Å². The summed E-state index contributed by atoms with van der Waals surface area (Å²) in [6.45, 7) is 0.296. The van der Waals surface area contributed by atoms with E-state index in [0.717, 1.165) is 22.6 Å². The highest BCUT2D eigenvalue weighted by atomic mass is 35.5. The zero-order valence-corrected chi connectivity index (χ0v) is 12.5. The Morgan fingerprint density at radius 1 is 1.05 bits per heavy atom. The van der Waals surface area contributed by atoms with Crippen molar-refractivity contribution in [3.63, 3.8) is 0 Å². The van der Waals surface area contributed by atoms with Gasteiger partial charge < -0.3 is 5.73 Å². The average molecular weight is 317 g/mol. The fourth-order valence-electron chi connectivity index (χ4n) is 2.25. The number of benzene rings is 2. The molecule has 0 spiro atoms. The van der Waals surface area contributed by atoms with Crippen molar-refractivity contribution in [2.75, 3.05) is 0 Å². The van der Waals surface area contributed by atoms with Gasteiger partial charge in [0.05, 0.1) is 11.4 Å². The standard InChI is InChI=1S/C16H14ClFN4/c17-12-3-7-14(8-4-12)22-16(15(10-19)20-21-22)9-11-1-5-13(18)6-2-11/h1-8H,9-10,19H2. The topological polar surface area (TPSA) is 56.7 Å². The summed E-state index contributed by atoms with van der Waals surface area (Å²) >= 11 is 5.92. The number of aromatic nitrogens is 3. The highest BCUT2D eigenvalue weighted by Crippen LogP contribution is 2.19. The van der Waals surface area contributed by atoms with Crippen LogP contribution < -0.4 is 5.73 Å². The fraction of sp³-hybridized carbons (Fsp3) is 0.125. The Morgan fingerprint density at radius 3 is 2.36 bits per heavy atom. The molecule has 0 fully saturated rings. The normalized spacial score (nSPS) is 10.9. The summed E-state index contributed by atoms with van der Waals surface area (Å²) in [5.74, 6) is -0.257. The minimum Gasteiger partial charge on any atom is -0.325 e. The van der Waals surface area contributed by atoms with E-state index in [1.165, 1.54) is 12.1 Å². The van der Waals surface area contributed by atoms with Gasteiger partial charge in [0.15, 0.2) is 0 Å². The summed E-state index contributed by atoms with van der Waals surface area (Å²) in [5.41, 5.74) is 9.18. The molecule has 0 aliphatic rings. The number of hydrogen-bond acceptors (Lipinski definition) is 3. The van der Waals surface area contributed by atoms with Gasteiger partial charge in [-0.15, -0.1) is 5.10 Å². The smallest absolute Gasteiger partial charge is 0.123 e. The molecule has 0 radical (unpaired) electrons. The molecule has 112 valence electrons. The molecule has 0 unspecified atom stereocenters. The molecule has 1 aromatic heterocycles. The van der Waals surface area contributed by atoms with Crippen molar-refractivity contribution in [1.82, 2.24) is 15.0 Å². The van der Waals surface area contributed by atoms with Gasteiger partial charge in [0.1, 0.15) is 11.5 Å². The van der Waals surface area contributed by atoms with Crippen molar-refractivity contribution in [3.8, 4) is 5.69 Å². The van der Waals surface area contributed by atoms with Gasteiger partial charge in [-0.3, -0.25) is 0 Å². The van der Waals surface area contributed by atoms with Crippen molar-refractivity contribution in [2.24, 2.45) is 5.73 Å². The molecule has 2 aromatic carbocycles. The minimum absolute atomic E-state index is 0.257. The van der Waals surface area contributed by atoms with Gasteiger partial charge in [-0.05, 0) is 42.0 Å². The first kappa shape index (κ1) is 14.7. The third kappa shape index (κ3) is 3.00. The maximum atomic E-state index is 13.0. The third-order valence-corrected chi connectivity index (χ3v) is 3.65. The molecule has 0 saturated heterocycles. The molecule has 3 aromatic rings. The van der Waals surface area contributed by atoms with Crippen molar-refractivity contribution in [1.29, 1.82) is 0 Å². The summed E-state index contributed by atoms with van der Waals surface area (Å²) in [5, 5.41) is 8.95. The second kappa shape index (κ2) is 6.25. The van der Waals surface area contributed by atoms with Gasteiger partial charge >= 0.3 is 0 Å². The second-order valence-electron chi connectivity index (χ2n) is 4.88. The highest BCUT2D eigenvalue weighted by molar-refractivity contribution is 6.30. The van der Waals surface area contributed by atoms with Gasteiger partial charge in [0, 0.05) is 18.0 Å². The Balaban J connectivity index is 2.00. The Morgan fingerprint density at radius 2 is 1.73 bits per heavy atom. The van der Waals surface area contributed by atoms with Crippen molar-refractivity contribution in [3.05, 3.63) is 76.3 Å². The van der Waals surface area contributed by atoms with Crippen molar-refractivity contribution in [2.45, 2.75) is 13.0 Å². The van der Waals surface area contributed by atoms with Gasteiger partial charge in [-0.25, -0.2) is 9.07 Å². The molecule has 1 heterocycles. The Hall–Kier alpha value is -2.24. The molecular weight excluding hydrogens is 303 g/mol. The molecule has 4 nitrogen and oxygen atoms in total. The molecule has 2 N–H and O–H groups in total. The molecule has 0 aliphatic heterocycles. The average Bonchev–Trinajstić information content (AvgIpc) is 2.93. The zero-order valence-electron chi connectivity index (χ0n) is 11.7. The van der Waals surface area contributed by atoms with Crippen molar-refractivity contribution >= 4 is 11.6 Å². The maximum Gasteiger partial charge on any atom is 0.123 e. The highest BCUT2D eigenvalue weighted by Gasteiger charge is 2.14. The first-order chi connectivity index (χ1) is 10.7. The van der Waals surface area contributed by atoms with E-state index >= 15 is 0 Å². The van der Waals surface area contributed by atoms with E-state index in [1.807, 2.05) is 12.1 Å². The molecular formula is C16H14ClFN4. The Labute approximate surface area is 132 Å². The van der Waals surface area contributed by atoms with E-state index in [0.29, 0.717) is 18.0 Å². The quantitative estimate of drug-likeness (QED) is 0.804. The zero-order chi connectivity index (χ0) is 15.5. The summed E-state index contributed by atoms with van der Waals surface area (Å²) in [6, 6.07) is 13.7. The van der Waals surface area contributed by atoms with E-state index in [-0.39, 0.29) is 5.82 Å². The van der Waals surface area contributed by atoms with Crippen LogP contribution in [0.4, 0.5) is 4.39 Å². The van der Waals surface area contributed by atoms with Crippen LogP contribution in [0.25, 0.3) is 5.69 Å². The lowest BCUT2D eigenvalue weighted by Crippen LogP contribution is -2.07. The monoisotopic (exact) mass is 316 g/mol. The lowest BCUT2D eigenvalue weighted by molar-refractivity contribution is 0.627. The summed E-state index contributed by atoms with van der Waals surface area (Å²) in [4.78, 5) is 0. The predicted octanol–water partition coefficient (Wildman–Crippen LogP) is 3.11. The van der Waals surface area contributed by atoms with Gasteiger partial charge in [0.2, 0.25) is 0 Å². The van der Waals surface area contributed by atoms with Gasteiger partial charge in [-0.1, -0.05) is 28.9 Å². The SMILES string of the molecule is NCc1nnn(-c2ccc(Cl)cc2)c1Cc1ccc(F)cc1. The lowest BCUT2D eigenvalue weighted by atomic mass is 10.1.